The maximum absolute atomic E-state index is 11.8. The Hall–Kier alpha value is -1.52. The molecule has 0 saturated heterocycles. The molecule has 1 rings (SSSR count). The Labute approximate surface area is 89.9 Å². The van der Waals surface area contributed by atoms with E-state index < -0.39 is 0 Å². The minimum Gasteiger partial charge on any atom is -0.396 e. The summed E-state index contributed by atoms with van der Waals surface area (Å²) in [6.07, 6.45) is 1.70. The van der Waals surface area contributed by atoms with Gasteiger partial charge in [-0.05, 0) is 20.8 Å². The molecule has 15 heavy (non-hydrogen) atoms. The highest BCUT2D eigenvalue weighted by molar-refractivity contribution is 5.96. The molecule has 0 atom stereocenters. The second-order valence-electron chi connectivity index (χ2n) is 3.83. The molecule has 0 fully saturated rings. The molecule has 0 saturated carbocycles. The Balaban J connectivity index is 2.99. The zero-order chi connectivity index (χ0) is 11.6. The van der Waals surface area contributed by atoms with Crippen molar-refractivity contribution in [3.05, 3.63) is 11.9 Å². The molecular weight excluding hydrogens is 192 g/mol. The van der Waals surface area contributed by atoms with Gasteiger partial charge in [-0.1, -0.05) is 0 Å². The largest absolute Gasteiger partial charge is 0.396 e. The molecule has 0 spiro atoms. The first-order chi connectivity index (χ1) is 6.97. The molecular formula is C10H18N4O. The van der Waals surface area contributed by atoms with E-state index in [0.717, 1.165) is 0 Å². The molecule has 0 aliphatic carbocycles. The number of aromatic nitrogens is 2. The van der Waals surface area contributed by atoms with Crippen LogP contribution in [0.2, 0.25) is 0 Å². The van der Waals surface area contributed by atoms with Gasteiger partial charge in [-0.15, -0.1) is 0 Å². The Morgan fingerprint density at radius 3 is 2.67 bits per heavy atom. The third-order valence-corrected chi connectivity index (χ3v) is 2.31. The van der Waals surface area contributed by atoms with Gasteiger partial charge in [0.05, 0.1) is 5.69 Å². The maximum atomic E-state index is 11.8. The van der Waals surface area contributed by atoms with Crippen molar-refractivity contribution in [3.63, 3.8) is 0 Å². The fourth-order valence-corrected chi connectivity index (χ4v) is 1.16. The molecule has 1 heterocycles. The summed E-state index contributed by atoms with van der Waals surface area (Å²) in [6.45, 7) is 6.54. The molecule has 1 aromatic heterocycles. The number of carbonyl (C=O) groups is 1. The summed E-state index contributed by atoms with van der Waals surface area (Å²) in [5.74, 6) is -0.130. The molecule has 0 aliphatic rings. The van der Waals surface area contributed by atoms with E-state index in [1.807, 2.05) is 20.8 Å². The molecule has 1 amide bonds. The van der Waals surface area contributed by atoms with Gasteiger partial charge in [0, 0.05) is 25.8 Å². The lowest BCUT2D eigenvalue weighted by molar-refractivity contribution is 0.0796. The topological polar surface area (TPSA) is 64.2 Å². The highest BCUT2D eigenvalue weighted by Crippen LogP contribution is 2.14. The molecule has 1 aromatic rings. The van der Waals surface area contributed by atoms with Gasteiger partial charge in [0.25, 0.3) is 5.91 Å². The SMILES string of the molecule is CCN(C)C(=O)c1nn(C(C)C)cc1N. The van der Waals surface area contributed by atoms with Crippen molar-refractivity contribution in [3.8, 4) is 0 Å². The second-order valence-corrected chi connectivity index (χ2v) is 3.83. The highest BCUT2D eigenvalue weighted by atomic mass is 16.2. The summed E-state index contributed by atoms with van der Waals surface area (Å²) >= 11 is 0. The minimum absolute atomic E-state index is 0.130. The lowest BCUT2D eigenvalue weighted by Crippen LogP contribution is -2.27. The number of nitrogen functional groups attached to an aromatic ring is 1. The van der Waals surface area contributed by atoms with Gasteiger partial charge in [0.1, 0.15) is 0 Å². The molecule has 5 heteroatoms. The Morgan fingerprint density at radius 1 is 1.67 bits per heavy atom. The number of carbonyl (C=O) groups excluding carboxylic acids is 1. The predicted octanol–water partition coefficient (Wildman–Crippen LogP) is 1.14. The highest BCUT2D eigenvalue weighted by Gasteiger charge is 2.18. The van der Waals surface area contributed by atoms with Crippen molar-refractivity contribution in [2.75, 3.05) is 19.3 Å². The number of hydrogen-bond acceptors (Lipinski definition) is 3. The van der Waals surface area contributed by atoms with E-state index in [1.165, 1.54) is 0 Å². The summed E-state index contributed by atoms with van der Waals surface area (Å²) in [5, 5.41) is 4.18. The number of nitrogens with two attached hydrogens (primary N) is 1. The van der Waals surface area contributed by atoms with Crippen LogP contribution in [0.4, 0.5) is 5.69 Å². The van der Waals surface area contributed by atoms with E-state index in [-0.39, 0.29) is 11.9 Å². The molecule has 2 N–H and O–H groups in total. The van der Waals surface area contributed by atoms with E-state index in [1.54, 1.807) is 22.8 Å². The number of rotatable bonds is 3. The van der Waals surface area contributed by atoms with Crippen LogP contribution in [0, 0.1) is 0 Å². The summed E-state index contributed by atoms with van der Waals surface area (Å²) in [5.41, 5.74) is 6.52. The van der Waals surface area contributed by atoms with Crippen molar-refractivity contribution < 1.29 is 4.79 Å². The first kappa shape index (κ1) is 11.6. The van der Waals surface area contributed by atoms with Crippen molar-refractivity contribution in [1.29, 1.82) is 0 Å². The molecule has 84 valence electrons. The molecule has 0 unspecified atom stereocenters. The fourth-order valence-electron chi connectivity index (χ4n) is 1.16. The normalized spacial score (nSPS) is 10.7. The predicted molar refractivity (Wildman–Crippen MR) is 59.7 cm³/mol. The second kappa shape index (κ2) is 4.33. The Morgan fingerprint density at radius 2 is 2.27 bits per heavy atom. The monoisotopic (exact) mass is 210 g/mol. The van der Waals surface area contributed by atoms with Gasteiger partial charge in [-0.2, -0.15) is 5.10 Å². The lowest BCUT2D eigenvalue weighted by Gasteiger charge is -2.12. The van der Waals surface area contributed by atoms with Crippen LogP contribution in [-0.4, -0.2) is 34.2 Å². The summed E-state index contributed by atoms with van der Waals surface area (Å²) in [6, 6.07) is 0.209. The van der Waals surface area contributed by atoms with E-state index >= 15 is 0 Å². The van der Waals surface area contributed by atoms with Crippen LogP contribution in [0.25, 0.3) is 0 Å². The smallest absolute Gasteiger partial charge is 0.276 e. The van der Waals surface area contributed by atoms with Gasteiger partial charge in [0.2, 0.25) is 0 Å². The number of anilines is 1. The average molecular weight is 210 g/mol. The molecule has 5 nitrogen and oxygen atoms in total. The lowest BCUT2D eigenvalue weighted by atomic mass is 10.3. The van der Waals surface area contributed by atoms with Crippen molar-refractivity contribution in [2.24, 2.45) is 0 Å². The van der Waals surface area contributed by atoms with Crippen LogP contribution in [0.15, 0.2) is 6.20 Å². The van der Waals surface area contributed by atoms with Gasteiger partial charge in [-0.25, -0.2) is 0 Å². The maximum Gasteiger partial charge on any atom is 0.276 e. The van der Waals surface area contributed by atoms with Crippen molar-refractivity contribution in [1.82, 2.24) is 14.7 Å². The van der Waals surface area contributed by atoms with E-state index in [4.69, 9.17) is 5.73 Å². The van der Waals surface area contributed by atoms with E-state index in [0.29, 0.717) is 17.9 Å². The summed E-state index contributed by atoms with van der Waals surface area (Å²) < 4.78 is 1.70. The zero-order valence-corrected chi connectivity index (χ0v) is 9.69. The fraction of sp³-hybridized carbons (Fsp3) is 0.600. The molecule has 0 aliphatic heterocycles. The third-order valence-electron chi connectivity index (χ3n) is 2.31. The van der Waals surface area contributed by atoms with Gasteiger partial charge in [-0.3, -0.25) is 9.48 Å². The average Bonchev–Trinajstić information content (AvgIpc) is 2.58. The quantitative estimate of drug-likeness (QED) is 0.813. The Bertz CT molecular complexity index is 356. The Kier molecular flexibility index (Phi) is 3.34. The van der Waals surface area contributed by atoms with Crippen LogP contribution in [0.1, 0.15) is 37.3 Å². The van der Waals surface area contributed by atoms with Crippen LogP contribution >= 0.6 is 0 Å². The van der Waals surface area contributed by atoms with E-state index in [2.05, 4.69) is 5.10 Å². The van der Waals surface area contributed by atoms with E-state index in [9.17, 15) is 4.79 Å². The molecule has 0 bridgehead atoms. The van der Waals surface area contributed by atoms with Crippen LogP contribution in [0.3, 0.4) is 0 Å². The summed E-state index contributed by atoms with van der Waals surface area (Å²) in [4.78, 5) is 13.4. The standard InChI is InChI=1S/C10H18N4O/c1-5-13(4)10(15)9-8(11)6-14(12-9)7(2)3/h6-7H,5,11H2,1-4H3. The summed E-state index contributed by atoms with van der Waals surface area (Å²) in [7, 11) is 1.73. The molecule has 0 aromatic carbocycles. The first-order valence-electron chi connectivity index (χ1n) is 5.07. The number of hydrogen-bond donors (Lipinski definition) is 1. The van der Waals surface area contributed by atoms with Gasteiger partial charge < -0.3 is 10.6 Å². The first-order valence-corrected chi connectivity index (χ1v) is 5.07. The minimum atomic E-state index is -0.130. The van der Waals surface area contributed by atoms with Gasteiger partial charge in [0.15, 0.2) is 5.69 Å². The van der Waals surface area contributed by atoms with Crippen molar-refractivity contribution in [2.45, 2.75) is 26.8 Å². The van der Waals surface area contributed by atoms with Crippen LogP contribution in [-0.2, 0) is 0 Å². The van der Waals surface area contributed by atoms with Crippen LogP contribution < -0.4 is 5.73 Å². The van der Waals surface area contributed by atoms with Crippen molar-refractivity contribution >= 4 is 11.6 Å². The number of amides is 1. The van der Waals surface area contributed by atoms with Crippen LogP contribution in [0.5, 0.6) is 0 Å². The zero-order valence-electron chi connectivity index (χ0n) is 9.69. The third kappa shape index (κ3) is 2.29. The van der Waals surface area contributed by atoms with Gasteiger partial charge >= 0.3 is 0 Å². The molecule has 0 radical (unpaired) electrons. The number of nitrogens with zero attached hydrogens (tertiary/aromatic N) is 3.